The van der Waals surface area contributed by atoms with Gasteiger partial charge in [-0.2, -0.15) is 0 Å². The molecule has 0 amide bonds. The Morgan fingerprint density at radius 1 is 1.18 bits per heavy atom. The Balaban J connectivity index is 2.00. The van der Waals surface area contributed by atoms with Gasteiger partial charge in [-0.3, -0.25) is 0 Å². The molecule has 4 nitrogen and oxygen atoms in total. The number of ether oxygens (including phenoxy) is 3. The zero-order chi connectivity index (χ0) is 12.3. The van der Waals surface area contributed by atoms with Gasteiger partial charge in [0.15, 0.2) is 6.29 Å². The zero-order valence-corrected chi connectivity index (χ0v) is 11.2. The molecule has 102 valence electrons. The van der Waals surface area contributed by atoms with Gasteiger partial charge in [-0.05, 0) is 45.7 Å². The van der Waals surface area contributed by atoms with Crippen LogP contribution in [0, 0.1) is 5.92 Å². The summed E-state index contributed by atoms with van der Waals surface area (Å²) in [6.07, 6.45) is 3.25. The molecular formula is C13H27NO3. The van der Waals surface area contributed by atoms with Gasteiger partial charge in [0.1, 0.15) is 0 Å². The lowest BCUT2D eigenvalue weighted by Gasteiger charge is -2.23. The van der Waals surface area contributed by atoms with E-state index in [1.165, 1.54) is 12.8 Å². The molecule has 0 radical (unpaired) electrons. The second-order valence-electron chi connectivity index (χ2n) is 4.39. The Morgan fingerprint density at radius 3 is 2.41 bits per heavy atom. The summed E-state index contributed by atoms with van der Waals surface area (Å²) in [5, 5.41) is 3.49. The number of rotatable bonds is 9. The minimum atomic E-state index is -0.0489. The van der Waals surface area contributed by atoms with Gasteiger partial charge < -0.3 is 19.5 Å². The van der Waals surface area contributed by atoms with Crippen LogP contribution in [0.4, 0.5) is 0 Å². The second-order valence-corrected chi connectivity index (χ2v) is 4.39. The Labute approximate surface area is 105 Å². The van der Waals surface area contributed by atoms with Crippen LogP contribution < -0.4 is 5.32 Å². The van der Waals surface area contributed by atoms with E-state index in [4.69, 9.17) is 14.2 Å². The molecule has 0 aromatic carbocycles. The maximum absolute atomic E-state index is 5.49. The van der Waals surface area contributed by atoms with Crippen molar-refractivity contribution in [2.75, 3.05) is 39.5 Å². The number of hydrogen-bond donors (Lipinski definition) is 1. The Bertz CT molecular complexity index is 166. The van der Waals surface area contributed by atoms with E-state index >= 15 is 0 Å². The van der Waals surface area contributed by atoms with Crippen LogP contribution in [0.5, 0.6) is 0 Å². The average molecular weight is 245 g/mol. The molecule has 0 aromatic rings. The van der Waals surface area contributed by atoms with Gasteiger partial charge in [-0.15, -0.1) is 0 Å². The molecule has 0 atom stereocenters. The first kappa shape index (κ1) is 14.9. The largest absolute Gasteiger partial charge is 0.381 e. The molecule has 1 aliphatic rings. The van der Waals surface area contributed by atoms with E-state index in [1.54, 1.807) is 0 Å². The van der Waals surface area contributed by atoms with Crippen LogP contribution in [0.25, 0.3) is 0 Å². The van der Waals surface area contributed by atoms with E-state index in [1.807, 2.05) is 13.8 Å². The highest BCUT2D eigenvalue weighted by Gasteiger charge is 2.13. The van der Waals surface area contributed by atoms with Gasteiger partial charge in [-0.1, -0.05) is 0 Å². The quantitative estimate of drug-likeness (QED) is 0.496. The summed E-state index contributed by atoms with van der Waals surface area (Å²) in [5.41, 5.74) is 0. The predicted molar refractivity (Wildman–Crippen MR) is 68.1 cm³/mol. The smallest absolute Gasteiger partial charge is 0.158 e. The summed E-state index contributed by atoms with van der Waals surface area (Å²) >= 11 is 0. The Morgan fingerprint density at radius 2 is 1.82 bits per heavy atom. The van der Waals surface area contributed by atoms with Crippen molar-refractivity contribution >= 4 is 0 Å². The van der Waals surface area contributed by atoms with Crippen LogP contribution in [0.1, 0.15) is 33.1 Å². The van der Waals surface area contributed by atoms with E-state index < -0.39 is 0 Å². The topological polar surface area (TPSA) is 39.7 Å². The van der Waals surface area contributed by atoms with Crippen LogP contribution >= 0.6 is 0 Å². The van der Waals surface area contributed by atoms with Crippen molar-refractivity contribution in [3.05, 3.63) is 0 Å². The summed E-state index contributed by atoms with van der Waals surface area (Å²) in [7, 11) is 0. The van der Waals surface area contributed by atoms with Crippen LogP contribution in [0.15, 0.2) is 0 Å². The van der Waals surface area contributed by atoms with Crippen LogP contribution in [0.3, 0.4) is 0 Å². The van der Waals surface area contributed by atoms with Crippen LogP contribution in [0.2, 0.25) is 0 Å². The molecular weight excluding hydrogens is 218 g/mol. The molecule has 1 heterocycles. The van der Waals surface area contributed by atoms with E-state index in [2.05, 4.69) is 5.32 Å². The summed E-state index contributed by atoms with van der Waals surface area (Å²) in [5.74, 6) is 0.779. The van der Waals surface area contributed by atoms with Crippen LogP contribution in [-0.2, 0) is 14.2 Å². The molecule has 1 fully saturated rings. The molecule has 0 unspecified atom stereocenters. The van der Waals surface area contributed by atoms with Crippen molar-refractivity contribution in [2.24, 2.45) is 5.92 Å². The zero-order valence-electron chi connectivity index (χ0n) is 11.2. The third kappa shape index (κ3) is 6.99. The van der Waals surface area contributed by atoms with E-state index in [-0.39, 0.29) is 6.29 Å². The minimum Gasteiger partial charge on any atom is -0.381 e. The fraction of sp³-hybridized carbons (Fsp3) is 1.00. The van der Waals surface area contributed by atoms with Crippen molar-refractivity contribution in [2.45, 2.75) is 39.4 Å². The molecule has 0 aromatic heterocycles. The van der Waals surface area contributed by atoms with Crippen LogP contribution in [-0.4, -0.2) is 45.8 Å². The highest BCUT2D eigenvalue weighted by molar-refractivity contribution is 4.66. The first-order valence-corrected chi connectivity index (χ1v) is 6.88. The summed E-state index contributed by atoms with van der Waals surface area (Å²) in [6, 6.07) is 0. The van der Waals surface area contributed by atoms with Crippen molar-refractivity contribution in [1.29, 1.82) is 0 Å². The lowest BCUT2D eigenvalue weighted by atomic mass is 10.0. The Kier molecular flexibility index (Phi) is 8.61. The minimum absolute atomic E-state index is 0.0489. The number of nitrogens with one attached hydrogen (secondary N) is 1. The third-order valence-corrected chi connectivity index (χ3v) is 3.04. The first-order chi connectivity index (χ1) is 8.36. The fourth-order valence-electron chi connectivity index (χ4n) is 2.06. The number of hydrogen-bond acceptors (Lipinski definition) is 4. The van der Waals surface area contributed by atoms with Gasteiger partial charge in [-0.25, -0.2) is 0 Å². The lowest BCUT2D eigenvalue weighted by Crippen LogP contribution is -2.30. The average Bonchev–Trinajstić information content (AvgIpc) is 2.36. The van der Waals surface area contributed by atoms with Gasteiger partial charge >= 0.3 is 0 Å². The maximum atomic E-state index is 5.49. The Hall–Kier alpha value is -0.160. The molecule has 0 spiro atoms. The first-order valence-electron chi connectivity index (χ1n) is 6.88. The standard InChI is InChI=1S/C13H27NO3/c1-3-16-13(17-4-2)5-8-14-11-12-6-9-15-10-7-12/h12-14H,3-11H2,1-2H3. The second kappa shape index (κ2) is 9.83. The lowest BCUT2D eigenvalue weighted by molar-refractivity contribution is -0.138. The molecule has 0 aliphatic carbocycles. The molecule has 17 heavy (non-hydrogen) atoms. The predicted octanol–water partition coefficient (Wildman–Crippen LogP) is 1.79. The van der Waals surface area contributed by atoms with Crippen molar-refractivity contribution < 1.29 is 14.2 Å². The SMILES string of the molecule is CCOC(CCNCC1CCOCC1)OCC. The van der Waals surface area contributed by atoms with E-state index in [0.717, 1.165) is 38.6 Å². The van der Waals surface area contributed by atoms with Crippen molar-refractivity contribution in [1.82, 2.24) is 5.32 Å². The van der Waals surface area contributed by atoms with Crippen molar-refractivity contribution in [3.63, 3.8) is 0 Å². The monoisotopic (exact) mass is 245 g/mol. The molecule has 1 aliphatic heterocycles. The summed E-state index contributed by atoms with van der Waals surface area (Å²) in [6.45, 7) is 9.33. The van der Waals surface area contributed by atoms with E-state index in [9.17, 15) is 0 Å². The highest BCUT2D eigenvalue weighted by atomic mass is 16.7. The third-order valence-electron chi connectivity index (χ3n) is 3.04. The van der Waals surface area contributed by atoms with Gasteiger partial charge in [0, 0.05) is 32.8 Å². The van der Waals surface area contributed by atoms with Crippen molar-refractivity contribution in [3.8, 4) is 0 Å². The van der Waals surface area contributed by atoms with Gasteiger partial charge in [0.05, 0.1) is 0 Å². The maximum Gasteiger partial charge on any atom is 0.158 e. The molecule has 1 saturated heterocycles. The highest BCUT2D eigenvalue weighted by Crippen LogP contribution is 2.13. The molecule has 4 heteroatoms. The molecule has 0 saturated carbocycles. The summed E-state index contributed by atoms with van der Waals surface area (Å²) < 4.78 is 16.3. The fourth-order valence-corrected chi connectivity index (χ4v) is 2.06. The van der Waals surface area contributed by atoms with Gasteiger partial charge in [0.2, 0.25) is 0 Å². The summed E-state index contributed by atoms with van der Waals surface area (Å²) in [4.78, 5) is 0. The van der Waals surface area contributed by atoms with Gasteiger partial charge in [0.25, 0.3) is 0 Å². The molecule has 0 bridgehead atoms. The normalized spacial score (nSPS) is 17.8. The molecule has 1 N–H and O–H groups in total. The van der Waals surface area contributed by atoms with E-state index in [0.29, 0.717) is 13.2 Å². The molecule has 1 rings (SSSR count).